The molecular weight excluding hydrogens is 394 g/mol. The molecule has 0 aliphatic rings. The Morgan fingerprint density at radius 1 is 0.968 bits per heavy atom. The Morgan fingerprint density at radius 3 is 2.61 bits per heavy atom. The maximum Gasteiger partial charge on any atom is 0.346 e. The van der Waals surface area contributed by atoms with E-state index in [4.69, 9.17) is 14.2 Å². The zero-order chi connectivity index (χ0) is 21.7. The summed E-state index contributed by atoms with van der Waals surface area (Å²) in [4.78, 5) is 0. The van der Waals surface area contributed by atoms with Gasteiger partial charge in [0, 0.05) is 19.8 Å². The van der Waals surface area contributed by atoms with Gasteiger partial charge in [0.05, 0.1) is 12.3 Å². The minimum Gasteiger partial charge on any atom is -0.490 e. The van der Waals surface area contributed by atoms with Crippen molar-refractivity contribution in [2.45, 2.75) is 39.7 Å². The number of tetrazole rings is 1. The Morgan fingerprint density at radius 2 is 1.81 bits per heavy atom. The van der Waals surface area contributed by atoms with E-state index in [1.807, 2.05) is 55.5 Å². The first kappa shape index (κ1) is 22.7. The molecule has 0 spiro atoms. The number of rotatable bonds is 14. The molecule has 1 aromatic heterocycles. The molecular formula is C23H31N5O3. The summed E-state index contributed by atoms with van der Waals surface area (Å²) in [6.45, 7) is 7.94. The Bertz CT molecular complexity index is 901. The summed E-state index contributed by atoms with van der Waals surface area (Å²) in [5.74, 6) is 1.23. The second-order valence-corrected chi connectivity index (χ2v) is 7.02. The highest BCUT2D eigenvalue weighted by atomic mass is 16.5. The van der Waals surface area contributed by atoms with Crippen molar-refractivity contribution in [3.05, 3.63) is 54.1 Å². The predicted octanol–water partition coefficient (Wildman–Crippen LogP) is 4.15. The van der Waals surface area contributed by atoms with Gasteiger partial charge in [-0.2, -0.15) is 4.68 Å². The third-order valence-electron chi connectivity index (χ3n) is 4.56. The number of nitrogens with zero attached hydrogens (tertiary/aromatic N) is 4. The fourth-order valence-electron chi connectivity index (χ4n) is 2.97. The largest absolute Gasteiger partial charge is 0.490 e. The van der Waals surface area contributed by atoms with Crippen LogP contribution >= 0.6 is 0 Å². The number of hydrogen-bond donors (Lipinski definition) is 1. The van der Waals surface area contributed by atoms with E-state index in [0.29, 0.717) is 18.1 Å². The van der Waals surface area contributed by atoms with Crippen molar-refractivity contribution >= 4 is 0 Å². The highest BCUT2D eigenvalue weighted by Crippen LogP contribution is 2.32. The lowest BCUT2D eigenvalue weighted by Gasteiger charge is -2.13. The number of aromatic nitrogens is 4. The van der Waals surface area contributed by atoms with Gasteiger partial charge in [0.1, 0.15) is 0 Å². The van der Waals surface area contributed by atoms with Gasteiger partial charge in [-0.3, -0.25) is 0 Å². The molecule has 2 aromatic carbocycles. The fraction of sp³-hybridized carbons (Fsp3) is 0.435. The van der Waals surface area contributed by atoms with Crippen molar-refractivity contribution < 1.29 is 14.2 Å². The van der Waals surface area contributed by atoms with Crippen LogP contribution < -0.4 is 14.8 Å². The van der Waals surface area contributed by atoms with Crippen molar-refractivity contribution in [2.75, 3.05) is 26.4 Å². The average molecular weight is 426 g/mol. The van der Waals surface area contributed by atoms with Crippen LogP contribution in [0.4, 0.5) is 0 Å². The van der Waals surface area contributed by atoms with Gasteiger partial charge < -0.3 is 19.5 Å². The van der Waals surface area contributed by atoms with Gasteiger partial charge >= 0.3 is 6.01 Å². The number of nitrogens with one attached hydrogen (secondary N) is 1. The SMILES string of the molecule is CCCCOCCCNCc1ccc(Oc2nnnn2-c2ccccc2)c(OCC)c1. The van der Waals surface area contributed by atoms with Crippen LogP contribution in [0.2, 0.25) is 0 Å². The van der Waals surface area contributed by atoms with Gasteiger partial charge in [-0.05, 0) is 66.6 Å². The molecule has 0 unspecified atom stereocenters. The van der Waals surface area contributed by atoms with Gasteiger partial charge in [0.2, 0.25) is 0 Å². The first-order valence-electron chi connectivity index (χ1n) is 10.9. The standard InChI is InChI=1S/C23H31N5O3/c1-3-5-15-29-16-9-14-24-18-19-12-13-21(22(17-19)30-4-2)31-23-25-26-27-28(23)20-10-7-6-8-11-20/h6-8,10-13,17,24H,3-5,9,14-16,18H2,1-2H3. The molecule has 3 rings (SSSR count). The van der Waals surface area contributed by atoms with Gasteiger partial charge in [-0.25, -0.2) is 0 Å². The molecule has 1 heterocycles. The van der Waals surface area contributed by atoms with Crippen LogP contribution in [0.15, 0.2) is 48.5 Å². The summed E-state index contributed by atoms with van der Waals surface area (Å²) in [5, 5.41) is 15.2. The smallest absolute Gasteiger partial charge is 0.346 e. The molecule has 0 aliphatic heterocycles. The summed E-state index contributed by atoms with van der Waals surface area (Å²) in [6, 6.07) is 15.8. The van der Waals surface area contributed by atoms with Gasteiger partial charge in [0.15, 0.2) is 11.5 Å². The van der Waals surface area contributed by atoms with Crippen LogP contribution in [0.5, 0.6) is 17.5 Å². The van der Waals surface area contributed by atoms with E-state index < -0.39 is 0 Å². The van der Waals surface area contributed by atoms with Crippen molar-refractivity contribution in [2.24, 2.45) is 0 Å². The van der Waals surface area contributed by atoms with Gasteiger partial charge in [0.25, 0.3) is 0 Å². The molecule has 0 saturated carbocycles. The van der Waals surface area contributed by atoms with Gasteiger partial charge in [-0.1, -0.05) is 42.7 Å². The third kappa shape index (κ3) is 7.04. The maximum atomic E-state index is 6.00. The number of unbranched alkanes of at least 4 members (excludes halogenated alkanes) is 1. The fourth-order valence-corrected chi connectivity index (χ4v) is 2.97. The van der Waals surface area contributed by atoms with Crippen molar-refractivity contribution in [3.8, 4) is 23.2 Å². The second-order valence-electron chi connectivity index (χ2n) is 7.02. The molecule has 31 heavy (non-hydrogen) atoms. The minimum atomic E-state index is 0.279. The number of benzene rings is 2. The van der Waals surface area contributed by atoms with E-state index in [1.54, 1.807) is 4.68 Å². The average Bonchev–Trinajstić information content (AvgIpc) is 3.26. The monoisotopic (exact) mass is 425 g/mol. The number of para-hydroxylation sites is 1. The molecule has 0 atom stereocenters. The third-order valence-corrected chi connectivity index (χ3v) is 4.56. The van der Waals surface area contributed by atoms with E-state index >= 15 is 0 Å². The lowest BCUT2D eigenvalue weighted by Crippen LogP contribution is -2.16. The quantitative estimate of drug-likeness (QED) is 0.389. The summed E-state index contributed by atoms with van der Waals surface area (Å²) in [5.41, 5.74) is 1.94. The van der Waals surface area contributed by atoms with Crippen LogP contribution in [-0.4, -0.2) is 46.6 Å². The molecule has 3 aromatic rings. The highest BCUT2D eigenvalue weighted by molar-refractivity contribution is 5.44. The summed E-state index contributed by atoms with van der Waals surface area (Å²) >= 11 is 0. The molecule has 0 amide bonds. The van der Waals surface area contributed by atoms with E-state index in [2.05, 4.69) is 27.8 Å². The van der Waals surface area contributed by atoms with E-state index in [-0.39, 0.29) is 6.01 Å². The molecule has 0 fully saturated rings. The van der Waals surface area contributed by atoms with Crippen LogP contribution in [0.3, 0.4) is 0 Å². The molecule has 0 bridgehead atoms. The molecule has 0 aliphatic carbocycles. The zero-order valence-corrected chi connectivity index (χ0v) is 18.3. The zero-order valence-electron chi connectivity index (χ0n) is 18.3. The second kappa shape index (κ2) is 12.7. The Labute approximate surface area is 183 Å². The van der Waals surface area contributed by atoms with E-state index in [9.17, 15) is 0 Å². The number of hydrogen-bond acceptors (Lipinski definition) is 7. The maximum absolute atomic E-state index is 6.00. The summed E-state index contributed by atoms with van der Waals surface area (Å²) < 4.78 is 18.9. The van der Waals surface area contributed by atoms with Crippen LogP contribution in [-0.2, 0) is 11.3 Å². The molecule has 8 nitrogen and oxygen atoms in total. The lowest BCUT2D eigenvalue weighted by atomic mass is 10.2. The molecule has 0 radical (unpaired) electrons. The van der Waals surface area contributed by atoms with Crippen LogP contribution in [0, 0.1) is 0 Å². The first-order chi connectivity index (χ1) is 15.3. The number of ether oxygens (including phenoxy) is 3. The molecule has 0 saturated heterocycles. The normalized spacial score (nSPS) is 10.9. The minimum absolute atomic E-state index is 0.279. The van der Waals surface area contributed by atoms with E-state index in [1.165, 1.54) is 6.42 Å². The van der Waals surface area contributed by atoms with Crippen molar-refractivity contribution in [3.63, 3.8) is 0 Å². The first-order valence-corrected chi connectivity index (χ1v) is 10.9. The Hall–Kier alpha value is -2.97. The van der Waals surface area contributed by atoms with Crippen molar-refractivity contribution in [1.29, 1.82) is 0 Å². The highest BCUT2D eigenvalue weighted by Gasteiger charge is 2.14. The lowest BCUT2D eigenvalue weighted by molar-refractivity contribution is 0.129. The van der Waals surface area contributed by atoms with Crippen LogP contribution in [0.25, 0.3) is 5.69 Å². The Balaban J connectivity index is 1.58. The Kier molecular flexibility index (Phi) is 9.28. The van der Waals surface area contributed by atoms with Crippen LogP contribution in [0.1, 0.15) is 38.7 Å². The summed E-state index contributed by atoms with van der Waals surface area (Å²) in [6.07, 6.45) is 3.28. The molecule has 8 heteroatoms. The van der Waals surface area contributed by atoms with Crippen molar-refractivity contribution in [1.82, 2.24) is 25.5 Å². The molecule has 166 valence electrons. The molecule has 1 N–H and O–H groups in total. The van der Waals surface area contributed by atoms with Gasteiger partial charge in [-0.15, -0.1) is 0 Å². The summed E-state index contributed by atoms with van der Waals surface area (Å²) in [7, 11) is 0. The van der Waals surface area contributed by atoms with E-state index in [0.717, 1.165) is 50.4 Å². The topological polar surface area (TPSA) is 83.3 Å². The predicted molar refractivity (Wildman–Crippen MR) is 119 cm³/mol.